The number of hydrogen-bond acceptors (Lipinski definition) is 4. The van der Waals surface area contributed by atoms with Crippen LogP contribution in [0, 0.1) is 122 Å². The third kappa shape index (κ3) is 8.16. The molecule has 0 atom stereocenters. The predicted octanol–water partition coefficient (Wildman–Crippen LogP) is 7.01. The molecule has 0 fully saturated rings. The molecule has 4 rings (SSSR count). The summed E-state index contributed by atoms with van der Waals surface area (Å²) in [6.07, 6.45) is -3.09. The molecule has 0 saturated carbocycles. The first-order chi connectivity index (χ1) is 28.5. The molecule has 26 heteroatoms. The summed E-state index contributed by atoms with van der Waals surface area (Å²) in [7, 11) is 2.63. The SMILES string of the molecule is COC(=O)C(C(=O)OC)=C(C[S+](C)C)C(C)C.Fc1c(F)c(F)c([B-](c2c(F)c(F)c(F)c(F)c2F)(c2c(F)c(F)c(F)c(F)c2F)c2c(F)c(F)c(F)c(F)c2F)c(F)c1F. The van der Waals surface area contributed by atoms with Gasteiger partial charge in [-0.15, -0.1) is 21.9 Å². The van der Waals surface area contributed by atoms with Gasteiger partial charge in [-0.3, -0.25) is 0 Å². The minimum Gasteiger partial charge on any atom is -0.465 e. The summed E-state index contributed by atoms with van der Waals surface area (Å²) in [5.41, 5.74) is -13.5. The van der Waals surface area contributed by atoms with Crippen LogP contribution in [0.25, 0.3) is 0 Å². The zero-order valence-corrected chi connectivity index (χ0v) is 32.3. The zero-order valence-electron chi connectivity index (χ0n) is 31.5. The average molecular weight is 940 g/mol. The fourth-order valence-electron chi connectivity index (χ4n) is 6.26. The minimum absolute atomic E-state index is 0.0474. The van der Waals surface area contributed by atoms with Crippen molar-refractivity contribution >= 4 is 50.8 Å². The lowest BCUT2D eigenvalue weighted by Gasteiger charge is -2.44. The van der Waals surface area contributed by atoms with Crippen LogP contribution in [0.4, 0.5) is 87.8 Å². The van der Waals surface area contributed by atoms with E-state index in [0.29, 0.717) is 5.75 Å². The molecule has 0 aliphatic heterocycles. The Bertz CT molecular complexity index is 2130. The number of ether oxygens (including phenoxy) is 2. The molecule has 4 aromatic rings. The molecule has 338 valence electrons. The molecule has 4 aromatic carbocycles. The molecule has 62 heavy (non-hydrogen) atoms. The van der Waals surface area contributed by atoms with Gasteiger partial charge in [0.2, 0.25) is 0 Å². The van der Waals surface area contributed by atoms with Crippen molar-refractivity contribution in [3.05, 3.63) is 127 Å². The molecule has 0 N–H and O–H groups in total. The molecule has 0 unspecified atom stereocenters. The van der Waals surface area contributed by atoms with E-state index in [2.05, 4.69) is 22.0 Å². The lowest BCUT2D eigenvalue weighted by molar-refractivity contribution is -0.144. The van der Waals surface area contributed by atoms with Crippen LogP contribution < -0.4 is 21.9 Å². The van der Waals surface area contributed by atoms with Crippen LogP contribution in [0.2, 0.25) is 0 Å². The van der Waals surface area contributed by atoms with Crippen molar-refractivity contribution in [1.82, 2.24) is 0 Å². The van der Waals surface area contributed by atoms with Crippen molar-refractivity contribution < 1.29 is 107 Å². The van der Waals surface area contributed by atoms with Crippen LogP contribution in [-0.2, 0) is 30.0 Å². The van der Waals surface area contributed by atoms with E-state index in [1.54, 1.807) is 0 Å². The second-order valence-electron chi connectivity index (χ2n) is 13.0. The molecule has 0 amide bonds. The standard InChI is InChI=1S/C24BF20.C12H21O4S/c26-5-1(6(27)14(35)21(42)13(5)34)25(2-7(28)15(36)22(43)16(37)8(2)29,3-9(30)17(38)23(44)18(39)10(3)31)4-11(32)19(40)24(45)20(41)12(4)33;1-8(2)9(7-17(5)6)10(11(13)15-3)12(14)16-4/h;8H,7H2,1-6H3/q-1;+1. The smallest absolute Gasteiger partial charge is 0.345 e. The highest BCUT2D eigenvalue weighted by Crippen LogP contribution is 2.31. The molecule has 0 aromatic heterocycles. The molecule has 0 radical (unpaired) electrons. The van der Waals surface area contributed by atoms with E-state index in [9.17, 15) is 62.3 Å². The zero-order chi connectivity index (χ0) is 47.9. The molecule has 0 bridgehead atoms. The summed E-state index contributed by atoms with van der Waals surface area (Å²) < 4.78 is 303. The summed E-state index contributed by atoms with van der Waals surface area (Å²) in [6.45, 7) is 3.90. The highest BCUT2D eigenvalue weighted by Gasteiger charge is 2.52. The van der Waals surface area contributed by atoms with E-state index in [-0.39, 0.29) is 22.4 Å². The number of methoxy groups -OCH3 is 2. The maximum atomic E-state index is 15.4. The molecule has 4 nitrogen and oxygen atoms in total. The van der Waals surface area contributed by atoms with Gasteiger partial charge in [0.05, 0.1) is 26.7 Å². The number of carbonyl (C=O) groups excluding carboxylic acids is 2. The number of halogens is 20. The normalized spacial score (nSPS) is 11.5. The Kier molecular flexibility index (Phi) is 15.5. The molecule has 0 aliphatic rings. The molecular weight excluding hydrogens is 919 g/mol. The average Bonchev–Trinajstić information content (AvgIpc) is 3.22. The first-order valence-electron chi connectivity index (χ1n) is 16.2. The van der Waals surface area contributed by atoms with Gasteiger partial charge in [0.1, 0.15) is 64.0 Å². The quantitative estimate of drug-likeness (QED) is 0.0209. The van der Waals surface area contributed by atoms with Crippen molar-refractivity contribution in [2.45, 2.75) is 13.8 Å². The first-order valence-corrected chi connectivity index (χ1v) is 18.4. The van der Waals surface area contributed by atoms with Gasteiger partial charge in [0.25, 0.3) is 0 Å². The van der Waals surface area contributed by atoms with Gasteiger partial charge in [0, 0.05) is 5.57 Å². The summed E-state index contributed by atoms with van der Waals surface area (Å²) in [4.78, 5) is 23.3. The van der Waals surface area contributed by atoms with Crippen LogP contribution >= 0.6 is 0 Å². The van der Waals surface area contributed by atoms with Crippen LogP contribution in [0.5, 0.6) is 0 Å². The summed E-state index contributed by atoms with van der Waals surface area (Å²) in [6, 6.07) is 0. The number of rotatable bonds is 9. The fourth-order valence-corrected chi connectivity index (χ4v) is 7.36. The highest BCUT2D eigenvalue weighted by atomic mass is 32.2. The fraction of sp³-hybridized carbons (Fsp3) is 0.222. The minimum atomic E-state index is -7.22. The van der Waals surface area contributed by atoms with Gasteiger partial charge in [-0.25, -0.2) is 97.4 Å². The van der Waals surface area contributed by atoms with Crippen molar-refractivity contribution in [3.8, 4) is 0 Å². The second kappa shape index (κ2) is 18.9. The highest BCUT2D eigenvalue weighted by molar-refractivity contribution is 7.95. The maximum Gasteiger partial charge on any atom is 0.345 e. The molecule has 0 saturated heterocycles. The van der Waals surface area contributed by atoms with Crippen LogP contribution in [0.3, 0.4) is 0 Å². The Morgan fingerprint density at radius 1 is 0.403 bits per heavy atom. The molecular formula is C36H21BF20O4S. The van der Waals surface area contributed by atoms with Gasteiger partial charge in [0.15, 0.2) is 69.8 Å². The summed E-state index contributed by atoms with van der Waals surface area (Å²) >= 11 is 0. The number of benzene rings is 4. The Hall–Kier alpha value is -5.43. The monoisotopic (exact) mass is 940 g/mol. The Morgan fingerprint density at radius 2 is 0.581 bits per heavy atom. The Labute approximate surface area is 337 Å². The number of carbonyl (C=O) groups is 2. The van der Waals surface area contributed by atoms with Crippen molar-refractivity contribution in [3.63, 3.8) is 0 Å². The predicted molar refractivity (Wildman–Crippen MR) is 179 cm³/mol. The van der Waals surface area contributed by atoms with Crippen molar-refractivity contribution in [1.29, 1.82) is 0 Å². The molecule has 0 spiro atoms. The first kappa shape index (κ1) is 50.9. The van der Waals surface area contributed by atoms with E-state index in [4.69, 9.17) is 0 Å². The topological polar surface area (TPSA) is 52.6 Å². The Balaban J connectivity index is 0.000000509. The van der Waals surface area contributed by atoms with Crippen molar-refractivity contribution in [2.75, 3.05) is 32.5 Å². The largest absolute Gasteiger partial charge is 0.465 e. The van der Waals surface area contributed by atoms with Gasteiger partial charge in [-0.1, -0.05) is 13.8 Å². The van der Waals surface area contributed by atoms with E-state index in [0.717, 1.165) is 5.57 Å². The van der Waals surface area contributed by atoms with Gasteiger partial charge in [-0.2, -0.15) is 0 Å². The summed E-state index contributed by atoms with van der Waals surface area (Å²) in [5, 5.41) is 0. The van der Waals surface area contributed by atoms with Crippen LogP contribution in [0.15, 0.2) is 11.1 Å². The van der Waals surface area contributed by atoms with E-state index in [1.165, 1.54) is 14.2 Å². The lowest BCUT2D eigenvalue weighted by Crippen LogP contribution is -2.81. The molecule has 0 heterocycles. The second-order valence-corrected chi connectivity index (χ2v) is 15.2. The van der Waals surface area contributed by atoms with E-state index < -0.39 is 156 Å². The number of hydrogen-bond donors (Lipinski definition) is 0. The van der Waals surface area contributed by atoms with E-state index in [1.807, 2.05) is 13.8 Å². The third-order valence-electron chi connectivity index (χ3n) is 8.95. The van der Waals surface area contributed by atoms with Crippen molar-refractivity contribution in [2.24, 2.45) is 5.92 Å². The maximum absolute atomic E-state index is 15.4. The van der Waals surface area contributed by atoms with Gasteiger partial charge < -0.3 is 9.47 Å². The third-order valence-corrected chi connectivity index (χ3v) is 9.84. The molecule has 0 aliphatic carbocycles. The van der Waals surface area contributed by atoms with Crippen LogP contribution in [0.1, 0.15) is 13.8 Å². The van der Waals surface area contributed by atoms with E-state index >= 15 is 35.1 Å². The summed E-state index contributed by atoms with van der Waals surface area (Å²) in [5.74, 6) is -71.8. The number of esters is 2. The lowest BCUT2D eigenvalue weighted by atomic mass is 9.12. The van der Waals surface area contributed by atoms with Gasteiger partial charge in [-0.05, 0) is 16.8 Å². The Morgan fingerprint density at radius 3 is 0.726 bits per heavy atom. The van der Waals surface area contributed by atoms with Crippen LogP contribution in [-0.4, -0.2) is 50.6 Å². The van der Waals surface area contributed by atoms with Gasteiger partial charge >= 0.3 is 11.9 Å².